The monoisotopic (exact) mass is 355 g/mol. The molecule has 2 aliphatic heterocycles. The van der Waals surface area contributed by atoms with Crippen molar-refractivity contribution in [3.63, 3.8) is 0 Å². The smallest absolute Gasteiger partial charge is 0.254 e. The summed E-state index contributed by atoms with van der Waals surface area (Å²) in [6.45, 7) is 2.70. The molecule has 0 unspecified atom stereocenters. The lowest BCUT2D eigenvalue weighted by Gasteiger charge is -2.54. The number of carbonyl (C=O) groups excluding carboxylic acids is 1. The van der Waals surface area contributed by atoms with E-state index < -0.39 is 0 Å². The van der Waals surface area contributed by atoms with E-state index in [4.69, 9.17) is 4.42 Å². The molecule has 2 fully saturated rings. The van der Waals surface area contributed by atoms with Crippen molar-refractivity contribution in [2.24, 2.45) is 5.41 Å². The standard InChI is InChI=1S/C20H25N3O3/c1-22-10-8-20(13-24)7-2-9-23(18(20)12-22)19(25)16-5-3-15(4-6-16)17-11-21-14-26-17/h3-6,11,14,18,24H,2,7-10,12-13H2,1H3/t18-,20-/m1/s1. The van der Waals surface area contributed by atoms with Gasteiger partial charge in [0.05, 0.1) is 18.8 Å². The molecule has 1 aromatic carbocycles. The van der Waals surface area contributed by atoms with Gasteiger partial charge in [-0.2, -0.15) is 0 Å². The van der Waals surface area contributed by atoms with Crippen molar-refractivity contribution in [2.75, 3.05) is 33.3 Å². The molecule has 138 valence electrons. The SMILES string of the molecule is CN1CC[C@@]2(CO)CCCN(C(=O)c3ccc(-c4cnco4)cc3)[C@@H]2C1. The van der Waals surface area contributed by atoms with Gasteiger partial charge >= 0.3 is 0 Å². The Balaban J connectivity index is 1.58. The van der Waals surface area contributed by atoms with Crippen LogP contribution in [0.4, 0.5) is 0 Å². The van der Waals surface area contributed by atoms with E-state index in [1.54, 1.807) is 6.20 Å². The second kappa shape index (κ2) is 6.85. The third kappa shape index (κ3) is 2.93. The van der Waals surface area contributed by atoms with E-state index in [2.05, 4.69) is 16.9 Å². The van der Waals surface area contributed by atoms with Gasteiger partial charge in [-0.25, -0.2) is 4.98 Å². The number of nitrogens with zero attached hydrogens (tertiary/aromatic N) is 3. The number of hydrogen-bond acceptors (Lipinski definition) is 5. The van der Waals surface area contributed by atoms with Crippen LogP contribution in [0.3, 0.4) is 0 Å². The summed E-state index contributed by atoms with van der Waals surface area (Å²) in [5.41, 5.74) is 1.43. The summed E-state index contributed by atoms with van der Waals surface area (Å²) in [7, 11) is 2.09. The highest BCUT2D eigenvalue weighted by Gasteiger charge is 2.48. The molecule has 2 atom stereocenters. The van der Waals surface area contributed by atoms with Crippen molar-refractivity contribution in [2.45, 2.75) is 25.3 Å². The number of amides is 1. The van der Waals surface area contributed by atoms with Gasteiger partial charge in [0.2, 0.25) is 0 Å². The first-order valence-corrected chi connectivity index (χ1v) is 9.22. The third-order valence-electron chi connectivity index (χ3n) is 6.06. The molecule has 3 heterocycles. The minimum Gasteiger partial charge on any atom is -0.444 e. The maximum Gasteiger partial charge on any atom is 0.254 e. The van der Waals surface area contributed by atoms with Crippen LogP contribution in [-0.4, -0.2) is 65.1 Å². The van der Waals surface area contributed by atoms with Crippen LogP contribution >= 0.6 is 0 Å². The molecule has 2 aliphatic rings. The van der Waals surface area contributed by atoms with Crippen LogP contribution in [0.25, 0.3) is 11.3 Å². The number of aliphatic hydroxyl groups is 1. The molecule has 4 rings (SSSR count). The highest BCUT2D eigenvalue weighted by atomic mass is 16.3. The predicted molar refractivity (Wildman–Crippen MR) is 97.6 cm³/mol. The first-order chi connectivity index (χ1) is 12.6. The number of piperidine rings is 2. The van der Waals surface area contributed by atoms with E-state index in [-0.39, 0.29) is 24.0 Å². The number of benzene rings is 1. The Morgan fingerprint density at radius 3 is 2.81 bits per heavy atom. The number of likely N-dealkylation sites (N-methyl/N-ethyl adjacent to an activating group) is 1. The van der Waals surface area contributed by atoms with Crippen LogP contribution in [-0.2, 0) is 0 Å². The molecule has 0 radical (unpaired) electrons. The van der Waals surface area contributed by atoms with Gasteiger partial charge in [0.25, 0.3) is 5.91 Å². The number of fused-ring (bicyclic) bond motifs is 1. The number of aromatic nitrogens is 1. The molecular weight excluding hydrogens is 330 g/mol. The van der Waals surface area contributed by atoms with Crippen LogP contribution < -0.4 is 0 Å². The second-order valence-electron chi connectivity index (χ2n) is 7.59. The zero-order chi connectivity index (χ0) is 18.1. The molecule has 2 aromatic rings. The van der Waals surface area contributed by atoms with Gasteiger partial charge in [-0.1, -0.05) is 12.1 Å². The number of oxazole rings is 1. The van der Waals surface area contributed by atoms with E-state index >= 15 is 0 Å². The molecule has 1 N–H and O–H groups in total. The van der Waals surface area contributed by atoms with Gasteiger partial charge in [0.15, 0.2) is 12.2 Å². The van der Waals surface area contributed by atoms with Crippen molar-refractivity contribution in [1.29, 1.82) is 0 Å². The van der Waals surface area contributed by atoms with Gasteiger partial charge in [0, 0.05) is 29.6 Å². The minimum absolute atomic E-state index is 0.0481. The van der Waals surface area contributed by atoms with Crippen LogP contribution in [0.5, 0.6) is 0 Å². The van der Waals surface area contributed by atoms with Crippen LogP contribution in [0.1, 0.15) is 29.6 Å². The fraction of sp³-hybridized carbons (Fsp3) is 0.500. The zero-order valence-corrected chi connectivity index (χ0v) is 15.1. The van der Waals surface area contributed by atoms with Crippen molar-refractivity contribution < 1.29 is 14.3 Å². The highest BCUT2D eigenvalue weighted by Crippen LogP contribution is 2.42. The number of rotatable bonds is 3. The molecular formula is C20H25N3O3. The fourth-order valence-electron chi connectivity index (χ4n) is 4.45. The predicted octanol–water partition coefficient (Wildman–Crippen LogP) is 2.26. The van der Waals surface area contributed by atoms with Gasteiger partial charge < -0.3 is 19.3 Å². The zero-order valence-electron chi connectivity index (χ0n) is 15.1. The third-order valence-corrected chi connectivity index (χ3v) is 6.06. The van der Waals surface area contributed by atoms with E-state index in [0.717, 1.165) is 44.5 Å². The summed E-state index contributed by atoms with van der Waals surface area (Å²) in [4.78, 5) is 21.4. The first-order valence-electron chi connectivity index (χ1n) is 9.22. The maximum absolute atomic E-state index is 13.2. The fourth-order valence-corrected chi connectivity index (χ4v) is 4.45. The molecule has 1 aromatic heterocycles. The molecule has 6 heteroatoms. The number of aliphatic hydroxyl groups excluding tert-OH is 1. The van der Waals surface area contributed by atoms with Crippen LogP contribution in [0.15, 0.2) is 41.3 Å². The quantitative estimate of drug-likeness (QED) is 0.915. The molecule has 1 amide bonds. The van der Waals surface area contributed by atoms with Crippen LogP contribution in [0, 0.1) is 5.41 Å². The van der Waals surface area contributed by atoms with E-state index in [1.807, 2.05) is 29.2 Å². The lowest BCUT2D eigenvalue weighted by Crippen LogP contribution is -2.63. The summed E-state index contributed by atoms with van der Waals surface area (Å²) >= 11 is 0. The lowest BCUT2D eigenvalue weighted by molar-refractivity contribution is -0.0589. The molecule has 6 nitrogen and oxygen atoms in total. The first kappa shape index (κ1) is 17.2. The normalized spacial score (nSPS) is 26.5. The minimum atomic E-state index is -0.153. The van der Waals surface area contributed by atoms with E-state index in [9.17, 15) is 9.90 Å². The largest absolute Gasteiger partial charge is 0.444 e. The summed E-state index contributed by atoms with van der Waals surface area (Å²) in [5, 5.41) is 10.1. The number of hydrogen-bond donors (Lipinski definition) is 1. The Hall–Kier alpha value is -2.18. The average Bonchev–Trinajstić information content (AvgIpc) is 3.22. The van der Waals surface area contributed by atoms with Crippen molar-refractivity contribution in [3.05, 3.63) is 42.4 Å². The van der Waals surface area contributed by atoms with Gasteiger partial charge in [-0.15, -0.1) is 0 Å². The Morgan fingerprint density at radius 1 is 1.31 bits per heavy atom. The van der Waals surface area contributed by atoms with Gasteiger partial charge in [-0.05, 0) is 45.0 Å². The highest BCUT2D eigenvalue weighted by molar-refractivity contribution is 5.95. The van der Waals surface area contributed by atoms with Crippen molar-refractivity contribution in [1.82, 2.24) is 14.8 Å². The number of carbonyl (C=O) groups is 1. The Bertz CT molecular complexity index is 759. The van der Waals surface area contributed by atoms with Gasteiger partial charge in [0.1, 0.15) is 0 Å². The second-order valence-corrected chi connectivity index (χ2v) is 7.59. The summed E-state index contributed by atoms with van der Waals surface area (Å²) < 4.78 is 5.31. The topological polar surface area (TPSA) is 69.8 Å². The van der Waals surface area contributed by atoms with Crippen LogP contribution in [0.2, 0.25) is 0 Å². The summed E-state index contributed by atoms with van der Waals surface area (Å²) in [6, 6.07) is 7.55. The Labute approximate surface area is 153 Å². The summed E-state index contributed by atoms with van der Waals surface area (Å²) in [5.74, 6) is 0.738. The Morgan fingerprint density at radius 2 is 2.12 bits per heavy atom. The molecule has 26 heavy (non-hydrogen) atoms. The molecule has 0 bridgehead atoms. The summed E-state index contributed by atoms with van der Waals surface area (Å²) in [6.07, 6.45) is 5.95. The van der Waals surface area contributed by atoms with E-state index in [0.29, 0.717) is 11.3 Å². The van der Waals surface area contributed by atoms with Crippen molar-refractivity contribution >= 4 is 5.91 Å². The average molecular weight is 355 g/mol. The Kier molecular flexibility index (Phi) is 4.54. The molecule has 0 saturated carbocycles. The lowest BCUT2D eigenvalue weighted by atomic mass is 9.69. The number of likely N-dealkylation sites (tertiary alicyclic amines) is 2. The molecule has 2 saturated heterocycles. The maximum atomic E-state index is 13.2. The molecule has 0 aliphatic carbocycles. The van der Waals surface area contributed by atoms with E-state index in [1.165, 1.54) is 6.39 Å². The molecule has 0 spiro atoms. The van der Waals surface area contributed by atoms with Crippen molar-refractivity contribution in [3.8, 4) is 11.3 Å². The van der Waals surface area contributed by atoms with Gasteiger partial charge in [-0.3, -0.25) is 4.79 Å².